The van der Waals surface area contributed by atoms with Crippen LogP contribution in [0.15, 0.2) is 48.5 Å². The number of hydrogen-bond acceptors (Lipinski definition) is 3. The molecule has 0 saturated carbocycles. The molecule has 0 aliphatic rings. The van der Waals surface area contributed by atoms with Crippen molar-refractivity contribution in [2.24, 2.45) is 0 Å². The fourth-order valence-corrected chi connectivity index (χ4v) is 3.06. The number of benzene rings is 2. The summed E-state index contributed by atoms with van der Waals surface area (Å²) >= 11 is 1.46. The molecule has 2 aromatic rings. The van der Waals surface area contributed by atoms with Crippen LogP contribution in [0, 0.1) is 5.82 Å². The second-order valence-electron chi connectivity index (χ2n) is 5.15. The second kappa shape index (κ2) is 8.58. The number of rotatable bonds is 7. The molecule has 0 aromatic heterocycles. The van der Waals surface area contributed by atoms with Gasteiger partial charge in [-0.1, -0.05) is 30.3 Å². The topological polar surface area (TPSA) is 38.3 Å². The fourth-order valence-electron chi connectivity index (χ4n) is 2.27. The van der Waals surface area contributed by atoms with Crippen molar-refractivity contribution in [1.82, 2.24) is 5.32 Å². The van der Waals surface area contributed by atoms with Gasteiger partial charge in [0.1, 0.15) is 11.6 Å². The van der Waals surface area contributed by atoms with Gasteiger partial charge in [-0.2, -0.15) is 0 Å². The summed E-state index contributed by atoms with van der Waals surface area (Å²) in [5.41, 5.74) is 1.82. The summed E-state index contributed by atoms with van der Waals surface area (Å²) in [4.78, 5) is 12.0. The van der Waals surface area contributed by atoms with Crippen molar-refractivity contribution in [3.8, 4) is 5.75 Å². The number of para-hydroxylation sites is 1. The van der Waals surface area contributed by atoms with Crippen LogP contribution in [0.2, 0.25) is 0 Å². The molecule has 0 aliphatic carbocycles. The van der Waals surface area contributed by atoms with E-state index in [9.17, 15) is 9.18 Å². The van der Waals surface area contributed by atoms with Gasteiger partial charge in [-0.3, -0.25) is 4.79 Å². The second-order valence-corrected chi connectivity index (χ2v) is 6.14. The van der Waals surface area contributed by atoms with Crippen molar-refractivity contribution in [3.63, 3.8) is 0 Å². The number of methoxy groups -OCH3 is 1. The summed E-state index contributed by atoms with van der Waals surface area (Å²) in [6.45, 7) is 1.92. The molecular weight excluding hydrogens is 313 g/mol. The zero-order valence-corrected chi connectivity index (χ0v) is 14.0. The highest BCUT2D eigenvalue weighted by Gasteiger charge is 2.13. The molecule has 0 saturated heterocycles. The standard InChI is InChI=1S/C18H20FNO2S/c1-13(16-8-3-4-9-17(16)22-2)20-18(21)12-23-11-14-6-5-7-15(19)10-14/h3-10,13H,11-12H2,1-2H3,(H,20,21)/t13-/m1/s1. The van der Waals surface area contributed by atoms with Gasteiger partial charge in [-0.25, -0.2) is 4.39 Å². The van der Waals surface area contributed by atoms with Crippen LogP contribution in [0.5, 0.6) is 5.75 Å². The Kier molecular flexibility index (Phi) is 6.47. The van der Waals surface area contributed by atoms with E-state index in [4.69, 9.17) is 4.74 Å². The van der Waals surface area contributed by atoms with Crippen LogP contribution in [0.4, 0.5) is 4.39 Å². The lowest BCUT2D eigenvalue weighted by Crippen LogP contribution is -2.28. The van der Waals surface area contributed by atoms with Gasteiger partial charge in [0.15, 0.2) is 0 Å². The molecule has 0 unspecified atom stereocenters. The van der Waals surface area contributed by atoms with Crippen LogP contribution in [0.25, 0.3) is 0 Å². The lowest BCUT2D eigenvalue weighted by Gasteiger charge is -2.17. The SMILES string of the molecule is COc1ccccc1[C@@H](C)NC(=O)CSCc1cccc(F)c1. The normalized spacial score (nSPS) is 11.8. The predicted octanol–water partition coefficient (Wildman–Crippen LogP) is 3.94. The van der Waals surface area contributed by atoms with Gasteiger partial charge in [-0.15, -0.1) is 11.8 Å². The zero-order chi connectivity index (χ0) is 16.7. The van der Waals surface area contributed by atoms with Crippen molar-refractivity contribution in [2.75, 3.05) is 12.9 Å². The van der Waals surface area contributed by atoms with E-state index < -0.39 is 0 Å². The van der Waals surface area contributed by atoms with E-state index in [0.717, 1.165) is 16.9 Å². The van der Waals surface area contributed by atoms with E-state index in [0.29, 0.717) is 11.5 Å². The average molecular weight is 333 g/mol. The molecule has 0 fully saturated rings. The van der Waals surface area contributed by atoms with E-state index in [-0.39, 0.29) is 17.8 Å². The number of amides is 1. The Morgan fingerprint density at radius 1 is 1.26 bits per heavy atom. The monoisotopic (exact) mass is 333 g/mol. The predicted molar refractivity (Wildman–Crippen MR) is 92.1 cm³/mol. The molecule has 0 aliphatic heterocycles. The van der Waals surface area contributed by atoms with E-state index in [2.05, 4.69) is 5.32 Å². The lowest BCUT2D eigenvalue weighted by atomic mass is 10.1. The summed E-state index contributed by atoms with van der Waals surface area (Å²) in [6.07, 6.45) is 0. The molecule has 1 N–H and O–H groups in total. The Balaban J connectivity index is 1.82. The Morgan fingerprint density at radius 2 is 2.04 bits per heavy atom. The summed E-state index contributed by atoms with van der Waals surface area (Å²) < 4.78 is 18.4. The molecule has 0 heterocycles. The highest BCUT2D eigenvalue weighted by molar-refractivity contribution is 7.99. The third-order valence-electron chi connectivity index (χ3n) is 3.37. The Bertz CT molecular complexity index is 663. The Morgan fingerprint density at radius 3 is 2.78 bits per heavy atom. The average Bonchev–Trinajstić information content (AvgIpc) is 2.54. The molecule has 1 atom stereocenters. The van der Waals surface area contributed by atoms with E-state index in [1.165, 1.54) is 23.9 Å². The highest BCUT2D eigenvalue weighted by atomic mass is 32.2. The smallest absolute Gasteiger partial charge is 0.230 e. The minimum atomic E-state index is -0.252. The van der Waals surface area contributed by atoms with Crippen LogP contribution in [0.1, 0.15) is 24.1 Å². The molecule has 0 radical (unpaired) electrons. The first kappa shape index (κ1) is 17.3. The summed E-state index contributed by atoms with van der Waals surface area (Å²) in [5, 5.41) is 2.95. The van der Waals surface area contributed by atoms with Crippen LogP contribution in [-0.2, 0) is 10.5 Å². The third kappa shape index (κ3) is 5.28. The summed E-state index contributed by atoms with van der Waals surface area (Å²) in [5.74, 6) is 1.39. The Hall–Kier alpha value is -2.01. The molecule has 122 valence electrons. The molecule has 1 amide bonds. The first-order valence-corrected chi connectivity index (χ1v) is 8.50. The van der Waals surface area contributed by atoms with Gasteiger partial charge in [0, 0.05) is 11.3 Å². The van der Waals surface area contributed by atoms with E-state index >= 15 is 0 Å². The summed E-state index contributed by atoms with van der Waals surface area (Å²) in [7, 11) is 1.61. The van der Waals surface area contributed by atoms with Gasteiger partial charge in [0.05, 0.1) is 18.9 Å². The molecule has 5 heteroatoms. The first-order valence-electron chi connectivity index (χ1n) is 7.34. The number of carbonyl (C=O) groups excluding carboxylic acids is 1. The van der Waals surface area contributed by atoms with Gasteiger partial charge < -0.3 is 10.1 Å². The maximum Gasteiger partial charge on any atom is 0.230 e. The minimum Gasteiger partial charge on any atom is -0.496 e. The fraction of sp³-hybridized carbons (Fsp3) is 0.278. The lowest BCUT2D eigenvalue weighted by molar-refractivity contribution is -0.119. The number of ether oxygens (including phenoxy) is 1. The molecule has 2 rings (SSSR count). The Labute approximate surface area is 140 Å². The molecule has 2 aromatic carbocycles. The summed E-state index contributed by atoms with van der Waals surface area (Å²) in [6, 6.07) is 13.9. The van der Waals surface area contributed by atoms with Gasteiger partial charge in [0.2, 0.25) is 5.91 Å². The van der Waals surface area contributed by atoms with Crippen molar-refractivity contribution in [1.29, 1.82) is 0 Å². The van der Waals surface area contributed by atoms with Crippen molar-refractivity contribution in [3.05, 3.63) is 65.5 Å². The largest absolute Gasteiger partial charge is 0.496 e. The molecular formula is C18H20FNO2S. The van der Waals surface area contributed by atoms with Gasteiger partial charge >= 0.3 is 0 Å². The van der Waals surface area contributed by atoms with Crippen LogP contribution >= 0.6 is 11.8 Å². The maximum atomic E-state index is 13.1. The van der Waals surface area contributed by atoms with Crippen LogP contribution < -0.4 is 10.1 Å². The van der Waals surface area contributed by atoms with Crippen molar-refractivity contribution in [2.45, 2.75) is 18.7 Å². The first-order chi connectivity index (χ1) is 11.1. The van der Waals surface area contributed by atoms with Crippen LogP contribution in [0.3, 0.4) is 0 Å². The molecule has 0 bridgehead atoms. The number of halogens is 1. The van der Waals surface area contributed by atoms with Gasteiger partial charge in [0.25, 0.3) is 0 Å². The van der Waals surface area contributed by atoms with Crippen molar-refractivity contribution >= 4 is 17.7 Å². The molecule has 3 nitrogen and oxygen atoms in total. The van der Waals surface area contributed by atoms with Gasteiger partial charge in [-0.05, 0) is 30.7 Å². The number of carbonyl (C=O) groups is 1. The quantitative estimate of drug-likeness (QED) is 0.834. The zero-order valence-electron chi connectivity index (χ0n) is 13.2. The molecule has 23 heavy (non-hydrogen) atoms. The highest BCUT2D eigenvalue weighted by Crippen LogP contribution is 2.24. The minimum absolute atomic E-state index is 0.0511. The number of hydrogen-bond donors (Lipinski definition) is 1. The third-order valence-corrected chi connectivity index (χ3v) is 4.38. The number of nitrogens with one attached hydrogen (secondary N) is 1. The maximum absolute atomic E-state index is 13.1. The molecule has 0 spiro atoms. The van der Waals surface area contributed by atoms with Crippen LogP contribution in [-0.4, -0.2) is 18.8 Å². The van der Waals surface area contributed by atoms with E-state index in [1.54, 1.807) is 13.2 Å². The number of thioether (sulfide) groups is 1. The van der Waals surface area contributed by atoms with Crippen molar-refractivity contribution < 1.29 is 13.9 Å². The van der Waals surface area contributed by atoms with E-state index in [1.807, 2.05) is 37.3 Å².